The van der Waals surface area contributed by atoms with Crippen LogP contribution in [-0.4, -0.2) is 48.4 Å². The molecule has 0 aliphatic carbocycles. The van der Waals surface area contributed by atoms with Crippen LogP contribution in [0.1, 0.15) is 43.2 Å². The zero-order valence-corrected chi connectivity index (χ0v) is 25.6. The van der Waals surface area contributed by atoms with E-state index in [9.17, 15) is 14.7 Å². The molecule has 0 saturated heterocycles. The SMILES string of the molecule is Cc1nn(C)c(-n2ccc3ccc(OCc4ccccc4)cc32)c1C=O.Cc1nn(C)c(N2CCc3ccc(O)cc32)c1C=O. The fourth-order valence-electron chi connectivity index (χ4n) is 5.92. The summed E-state index contributed by atoms with van der Waals surface area (Å²) in [6, 6.07) is 23.4. The summed E-state index contributed by atoms with van der Waals surface area (Å²) in [5, 5.41) is 19.4. The first-order valence-electron chi connectivity index (χ1n) is 14.6. The number of nitrogens with zero attached hydrogens (tertiary/aromatic N) is 6. The summed E-state index contributed by atoms with van der Waals surface area (Å²) in [6.45, 7) is 4.97. The highest BCUT2D eigenvalue weighted by molar-refractivity contribution is 5.88. The van der Waals surface area contributed by atoms with Crippen molar-refractivity contribution in [2.45, 2.75) is 26.9 Å². The van der Waals surface area contributed by atoms with E-state index in [-0.39, 0.29) is 5.75 Å². The first-order valence-corrected chi connectivity index (χ1v) is 14.6. The van der Waals surface area contributed by atoms with Crippen LogP contribution in [0.25, 0.3) is 16.7 Å². The number of ether oxygens (including phenoxy) is 1. The number of fused-ring (bicyclic) bond motifs is 2. The predicted molar refractivity (Wildman–Crippen MR) is 173 cm³/mol. The third-order valence-electron chi connectivity index (χ3n) is 8.07. The number of hydrogen-bond acceptors (Lipinski definition) is 7. The maximum atomic E-state index is 11.5. The number of benzene rings is 3. The quantitative estimate of drug-likeness (QED) is 0.223. The van der Waals surface area contributed by atoms with Gasteiger partial charge in [0.1, 0.15) is 29.7 Å². The van der Waals surface area contributed by atoms with Crippen molar-refractivity contribution in [3.8, 4) is 17.3 Å². The molecule has 4 heterocycles. The number of aromatic nitrogens is 5. The van der Waals surface area contributed by atoms with Gasteiger partial charge >= 0.3 is 0 Å². The number of aromatic hydroxyl groups is 1. The van der Waals surface area contributed by atoms with Crippen LogP contribution in [0, 0.1) is 13.8 Å². The zero-order valence-electron chi connectivity index (χ0n) is 25.6. The number of anilines is 2. The number of carbonyl (C=O) groups excluding carboxylic acids is 2. The molecule has 0 atom stereocenters. The lowest BCUT2D eigenvalue weighted by molar-refractivity contribution is 0.111. The molecule has 3 aromatic carbocycles. The van der Waals surface area contributed by atoms with E-state index in [1.807, 2.05) is 104 Å². The minimum absolute atomic E-state index is 0.234. The van der Waals surface area contributed by atoms with Crippen molar-refractivity contribution in [2.75, 3.05) is 11.4 Å². The Morgan fingerprint density at radius 2 is 1.53 bits per heavy atom. The first kappa shape index (κ1) is 29.4. The van der Waals surface area contributed by atoms with Crippen molar-refractivity contribution < 1.29 is 19.4 Å². The lowest BCUT2D eigenvalue weighted by Gasteiger charge is -2.20. The summed E-state index contributed by atoms with van der Waals surface area (Å²) < 4.78 is 11.4. The van der Waals surface area contributed by atoms with Crippen molar-refractivity contribution in [1.82, 2.24) is 24.1 Å². The Hall–Kier alpha value is -5.64. The second kappa shape index (κ2) is 12.2. The van der Waals surface area contributed by atoms with Gasteiger partial charge in [-0.15, -0.1) is 0 Å². The van der Waals surface area contributed by atoms with Gasteiger partial charge in [0, 0.05) is 50.0 Å². The third-order valence-corrected chi connectivity index (χ3v) is 8.07. The van der Waals surface area contributed by atoms with Gasteiger partial charge in [0.05, 0.1) is 28.0 Å². The Labute approximate surface area is 260 Å². The molecule has 0 amide bonds. The highest BCUT2D eigenvalue weighted by Gasteiger charge is 2.26. The average molecular weight is 603 g/mol. The second-order valence-corrected chi connectivity index (χ2v) is 11.0. The summed E-state index contributed by atoms with van der Waals surface area (Å²) in [4.78, 5) is 24.8. The maximum Gasteiger partial charge on any atom is 0.155 e. The van der Waals surface area contributed by atoms with Crippen molar-refractivity contribution in [1.29, 1.82) is 0 Å². The van der Waals surface area contributed by atoms with Gasteiger partial charge in [-0.25, -0.2) is 0 Å². The molecule has 10 nitrogen and oxygen atoms in total. The number of carbonyl (C=O) groups is 2. The normalized spacial score (nSPS) is 12.1. The molecule has 0 saturated carbocycles. The van der Waals surface area contributed by atoms with Gasteiger partial charge in [-0.1, -0.05) is 36.4 Å². The van der Waals surface area contributed by atoms with Crippen LogP contribution >= 0.6 is 0 Å². The van der Waals surface area contributed by atoms with Gasteiger partial charge in [-0.3, -0.25) is 19.0 Å². The van der Waals surface area contributed by atoms with Gasteiger partial charge in [-0.05, 0) is 55.7 Å². The van der Waals surface area contributed by atoms with Crippen LogP contribution in [-0.2, 0) is 27.1 Å². The minimum Gasteiger partial charge on any atom is -0.508 e. The third kappa shape index (κ3) is 5.58. The van der Waals surface area contributed by atoms with Crippen LogP contribution in [0.15, 0.2) is 79.0 Å². The lowest BCUT2D eigenvalue weighted by Crippen LogP contribution is -2.18. The monoisotopic (exact) mass is 602 g/mol. The van der Waals surface area contributed by atoms with Gasteiger partial charge in [0.2, 0.25) is 0 Å². The standard InChI is InChI=1S/C21H19N3O2.C14H15N3O2/c1-15-19(13-25)21(23(2)22-15)24-11-10-17-8-9-18(12-20(17)24)26-14-16-6-4-3-5-7-16;1-9-12(8-18)14(16(2)15-9)17-6-5-10-3-4-11(19)7-13(10)17/h3-13H,14H2,1-2H3;3-4,7-8,19H,5-6H2,1-2H3. The molecule has 1 aliphatic heterocycles. The maximum absolute atomic E-state index is 11.5. The van der Waals surface area contributed by atoms with Crippen LogP contribution in [0.4, 0.5) is 11.5 Å². The Bertz CT molecular complexity index is 2020. The van der Waals surface area contributed by atoms with E-state index >= 15 is 0 Å². The van der Waals surface area contributed by atoms with E-state index < -0.39 is 0 Å². The molecule has 228 valence electrons. The average Bonchev–Trinajstić information content (AvgIpc) is 3.78. The van der Waals surface area contributed by atoms with E-state index in [1.165, 1.54) is 5.56 Å². The van der Waals surface area contributed by atoms with Crippen molar-refractivity contribution in [3.63, 3.8) is 0 Å². The molecule has 0 bridgehead atoms. The predicted octanol–water partition coefficient (Wildman–Crippen LogP) is 6.00. The highest BCUT2D eigenvalue weighted by atomic mass is 16.5. The molecular weight excluding hydrogens is 568 g/mol. The Morgan fingerprint density at radius 3 is 2.24 bits per heavy atom. The lowest BCUT2D eigenvalue weighted by atomic mass is 10.1. The minimum atomic E-state index is 0.234. The molecule has 0 radical (unpaired) electrons. The number of rotatable bonds is 7. The van der Waals surface area contributed by atoms with Gasteiger partial charge in [-0.2, -0.15) is 10.2 Å². The van der Waals surface area contributed by atoms with E-state index in [0.29, 0.717) is 17.7 Å². The van der Waals surface area contributed by atoms with Crippen LogP contribution in [0.2, 0.25) is 0 Å². The van der Waals surface area contributed by atoms with Crippen molar-refractivity contribution in [3.05, 3.63) is 113 Å². The summed E-state index contributed by atoms with van der Waals surface area (Å²) in [7, 11) is 3.67. The molecular formula is C35H34N6O4. The largest absolute Gasteiger partial charge is 0.508 e. The molecule has 3 aromatic heterocycles. The highest BCUT2D eigenvalue weighted by Crippen LogP contribution is 2.38. The van der Waals surface area contributed by atoms with E-state index in [1.54, 1.807) is 21.5 Å². The van der Waals surface area contributed by atoms with Crippen LogP contribution < -0.4 is 9.64 Å². The topological polar surface area (TPSA) is 107 Å². The summed E-state index contributed by atoms with van der Waals surface area (Å²) in [6.07, 6.45) is 4.56. The molecule has 10 heteroatoms. The fourth-order valence-corrected chi connectivity index (χ4v) is 5.92. The van der Waals surface area contributed by atoms with E-state index in [4.69, 9.17) is 4.74 Å². The van der Waals surface area contributed by atoms with Gasteiger partial charge < -0.3 is 19.3 Å². The Balaban J connectivity index is 0.000000167. The molecule has 6 aromatic rings. The summed E-state index contributed by atoms with van der Waals surface area (Å²) in [5.41, 5.74) is 6.87. The molecule has 0 spiro atoms. The molecule has 45 heavy (non-hydrogen) atoms. The van der Waals surface area contributed by atoms with Crippen LogP contribution in [0.5, 0.6) is 11.5 Å². The summed E-state index contributed by atoms with van der Waals surface area (Å²) in [5.74, 6) is 2.56. The number of hydrogen-bond donors (Lipinski definition) is 1. The van der Waals surface area contributed by atoms with Crippen molar-refractivity contribution in [2.24, 2.45) is 14.1 Å². The van der Waals surface area contributed by atoms with Crippen molar-refractivity contribution >= 4 is 35.0 Å². The van der Waals surface area contributed by atoms with E-state index in [0.717, 1.165) is 76.5 Å². The Kier molecular flexibility index (Phi) is 7.95. The summed E-state index contributed by atoms with van der Waals surface area (Å²) >= 11 is 0. The molecule has 7 rings (SSSR count). The van der Waals surface area contributed by atoms with E-state index in [2.05, 4.69) is 10.2 Å². The number of aryl methyl sites for hydroxylation is 4. The van der Waals surface area contributed by atoms with Gasteiger partial charge in [0.15, 0.2) is 12.6 Å². The number of phenolic OH excluding ortho intramolecular Hbond substituents is 1. The smallest absolute Gasteiger partial charge is 0.155 e. The molecule has 0 unspecified atom stereocenters. The fraction of sp³-hybridized carbons (Fsp3) is 0.200. The molecule has 1 N–H and O–H groups in total. The molecule has 1 aliphatic rings. The zero-order chi connectivity index (χ0) is 31.7. The number of phenols is 1. The Morgan fingerprint density at radius 1 is 0.844 bits per heavy atom. The van der Waals surface area contributed by atoms with Gasteiger partial charge in [0.25, 0.3) is 0 Å². The second-order valence-electron chi connectivity index (χ2n) is 11.0. The molecule has 0 fully saturated rings. The first-order chi connectivity index (χ1) is 21.8. The number of aldehydes is 2. The van der Waals surface area contributed by atoms with Crippen LogP contribution in [0.3, 0.4) is 0 Å².